The van der Waals surface area contributed by atoms with Gasteiger partial charge in [0, 0.05) is 19.2 Å². The van der Waals surface area contributed by atoms with Crippen molar-refractivity contribution in [2.75, 3.05) is 19.5 Å². The second-order valence-electron chi connectivity index (χ2n) is 4.62. The Morgan fingerprint density at radius 3 is 2.95 bits per heavy atom. The van der Waals surface area contributed by atoms with Crippen LogP contribution in [0.2, 0.25) is 0 Å². The zero-order valence-corrected chi connectivity index (χ0v) is 13.3. The third-order valence-corrected chi connectivity index (χ3v) is 3.71. The maximum absolute atomic E-state index is 11.9. The van der Waals surface area contributed by atoms with E-state index in [9.17, 15) is 4.79 Å². The second-order valence-corrected chi connectivity index (χ2v) is 5.20. The van der Waals surface area contributed by atoms with E-state index in [2.05, 4.69) is 4.98 Å². The Labute approximate surface area is 114 Å². The molecule has 2 heterocycles. The highest BCUT2D eigenvalue weighted by Gasteiger charge is 2.43. The summed E-state index contributed by atoms with van der Waals surface area (Å²) in [5.74, 6) is 0.226. The lowest BCUT2D eigenvalue weighted by molar-refractivity contribution is -0.0482. The Bertz CT molecular complexity index is 495. The summed E-state index contributed by atoms with van der Waals surface area (Å²) in [7, 11) is 2.27. The molecule has 0 aromatic carbocycles. The van der Waals surface area contributed by atoms with Crippen molar-refractivity contribution in [2.45, 2.75) is 25.4 Å². The highest BCUT2D eigenvalue weighted by atomic mass is 28.2. The van der Waals surface area contributed by atoms with E-state index in [4.69, 9.17) is 19.6 Å². The number of rotatable bonds is 4. The number of nitrogens with zero attached hydrogens (tertiary/aromatic N) is 2. The number of nitrogen functional groups attached to an aromatic ring is 1. The molecule has 1 aromatic heterocycles. The lowest BCUT2D eigenvalue weighted by Crippen LogP contribution is -2.32. The number of aromatic nitrogens is 2. The van der Waals surface area contributed by atoms with E-state index in [1.807, 2.05) is 6.92 Å². The van der Waals surface area contributed by atoms with E-state index in [-0.39, 0.29) is 23.9 Å². The molecule has 106 valence electrons. The van der Waals surface area contributed by atoms with E-state index in [0.29, 0.717) is 17.1 Å². The molecule has 19 heavy (non-hydrogen) atoms. The van der Waals surface area contributed by atoms with Crippen LogP contribution in [0.3, 0.4) is 0 Å². The molecular formula is C11H19N3O4Si. The van der Waals surface area contributed by atoms with Gasteiger partial charge in [-0.25, -0.2) is 4.79 Å². The summed E-state index contributed by atoms with van der Waals surface area (Å²) in [5.41, 5.74) is 5.07. The minimum Gasteiger partial charge on any atom is -0.425 e. The van der Waals surface area contributed by atoms with Gasteiger partial charge in [-0.1, -0.05) is 6.92 Å². The number of hydrogen-bond acceptors (Lipinski definition) is 6. The molecule has 2 N–H and O–H groups in total. The van der Waals surface area contributed by atoms with Crippen LogP contribution in [0.25, 0.3) is 0 Å². The summed E-state index contributed by atoms with van der Waals surface area (Å²) >= 11 is 0. The van der Waals surface area contributed by atoms with Gasteiger partial charge in [0.25, 0.3) is 0 Å². The molecule has 0 bridgehead atoms. The van der Waals surface area contributed by atoms with Gasteiger partial charge >= 0.3 is 5.69 Å². The number of nitrogens with two attached hydrogens (primary N) is 1. The fraction of sp³-hybridized carbons (Fsp3) is 0.636. The molecule has 8 heteroatoms. The number of ether oxygens (including phenoxy) is 2. The van der Waals surface area contributed by atoms with Crippen molar-refractivity contribution in [3.05, 3.63) is 22.7 Å². The third-order valence-electron chi connectivity index (χ3n) is 3.38. The van der Waals surface area contributed by atoms with Crippen molar-refractivity contribution in [1.82, 2.24) is 9.55 Å². The van der Waals surface area contributed by atoms with Crippen LogP contribution in [0.5, 0.6) is 0 Å². The third kappa shape index (κ3) is 2.71. The van der Waals surface area contributed by atoms with Crippen molar-refractivity contribution in [1.29, 1.82) is 0 Å². The zero-order chi connectivity index (χ0) is 14.0. The predicted octanol–water partition coefficient (Wildman–Crippen LogP) is -1.33. The summed E-state index contributed by atoms with van der Waals surface area (Å²) in [5, 5.41) is 0. The zero-order valence-electron chi connectivity index (χ0n) is 11.3. The van der Waals surface area contributed by atoms with Gasteiger partial charge in [-0.05, 0) is 6.07 Å². The minimum absolute atomic E-state index is 0.0231. The highest BCUT2D eigenvalue weighted by molar-refractivity contribution is 5.97. The Hall–Kier alpha value is -1.22. The van der Waals surface area contributed by atoms with Gasteiger partial charge in [-0.2, -0.15) is 4.98 Å². The molecule has 2 rings (SSSR count). The molecule has 1 aliphatic heterocycles. The number of anilines is 1. The van der Waals surface area contributed by atoms with E-state index in [1.54, 1.807) is 19.4 Å². The van der Waals surface area contributed by atoms with Crippen LogP contribution >= 0.6 is 0 Å². The van der Waals surface area contributed by atoms with Crippen LogP contribution in [-0.2, 0) is 13.9 Å². The molecule has 1 unspecified atom stereocenters. The lowest BCUT2D eigenvalue weighted by Gasteiger charge is -2.19. The van der Waals surface area contributed by atoms with Gasteiger partial charge in [0.15, 0.2) is 0 Å². The lowest BCUT2D eigenvalue weighted by atomic mass is 10.0. The van der Waals surface area contributed by atoms with Crippen molar-refractivity contribution in [3.63, 3.8) is 0 Å². The molecule has 0 radical (unpaired) electrons. The smallest absolute Gasteiger partial charge is 0.351 e. The average Bonchev–Trinajstić information content (AvgIpc) is 2.66. The standard InChI is InChI=1S/C11H19N3O4Si/c1-6-9(16-2)7(5-17-19)18-10(6)14-4-3-8(12)13-11(14)15/h3-4,6-7,9-10H,5H2,1-2,19H3,(H2,12,13,15)/t6-,7-,9+,10?/m1/s1. The molecule has 0 spiro atoms. The summed E-state index contributed by atoms with van der Waals surface area (Å²) in [6, 6.07) is 1.58. The van der Waals surface area contributed by atoms with Crippen LogP contribution in [0.15, 0.2) is 17.1 Å². The minimum atomic E-state index is -0.417. The van der Waals surface area contributed by atoms with E-state index < -0.39 is 11.9 Å². The SMILES string of the molecule is CO[C@@H]1[C@@H](CO[SiH3])OC(n2ccc(N)nc2=O)[C@@H]1C. The average molecular weight is 285 g/mol. The Kier molecular flexibility index (Phi) is 4.35. The maximum Gasteiger partial charge on any atom is 0.351 e. The fourth-order valence-corrected chi connectivity index (χ4v) is 2.81. The molecule has 7 nitrogen and oxygen atoms in total. The van der Waals surface area contributed by atoms with Crippen LogP contribution in [0.1, 0.15) is 13.2 Å². The van der Waals surface area contributed by atoms with Crippen LogP contribution < -0.4 is 11.4 Å². The molecule has 0 aliphatic carbocycles. The Morgan fingerprint density at radius 2 is 2.37 bits per heavy atom. The van der Waals surface area contributed by atoms with Crippen molar-refractivity contribution >= 4 is 16.3 Å². The quantitative estimate of drug-likeness (QED) is 0.690. The number of methoxy groups -OCH3 is 1. The molecule has 0 amide bonds. The number of hydrogen-bond donors (Lipinski definition) is 1. The first-order chi connectivity index (χ1) is 9.08. The first-order valence-electron chi connectivity index (χ1n) is 6.10. The van der Waals surface area contributed by atoms with Crippen molar-refractivity contribution < 1.29 is 13.9 Å². The highest BCUT2D eigenvalue weighted by Crippen LogP contribution is 2.35. The predicted molar refractivity (Wildman–Crippen MR) is 72.7 cm³/mol. The summed E-state index contributed by atoms with van der Waals surface area (Å²) < 4.78 is 18.0. The van der Waals surface area contributed by atoms with Gasteiger partial charge in [-0.3, -0.25) is 4.57 Å². The van der Waals surface area contributed by atoms with E-state index in [0.717, 1.165) is 0 Å². The van der Waals surface area contributed by atoms with Crippen LogP contribution in [0.4, 0.5) is 5.82 Å². The maximum atomic E-state index is 11.9. The van der Waals surface area contributed by atoms with Gasteiger partial charge in [-0.15, -0.1) is 0 Å². The van der Waals surface area contributed by atoms with Gasteiger partial charge in [0.2, 0.25) is 0 Å². The van der Waals surface area contributed by atoms with E-state index in [1.165, 1.54) is 4.57 Å². The molecule has 1 aliphatic rings. The summed E-state index contributed by atoms with van der Waals surface area (Å²) in [6.45, 7) is 2.46. The fourth-order valence-electron chi connectivity index (χ4n) is 2.48. The van der Waals surface area contributed by atoms with Gasteiger partial charge in [0.05, 0.1) is 12.7 Å². The second kappa shape index (κ2) is 5.82. The molecule has 1 fully saturated rings. The summed E-state index contributed by atoms with van der Waals surface area (Å²) in [4.78, 5) is 15.6. The van der Waals surface area contributed by atoms with Gasteiger partial charge < -0.3 is 19.6 Å². The Balaban J connectivity index is 2.28. The summed E-state index contributed by atoms with van der Waals surface area (Å²) in [6.07, 6.45) is 0.908. The van der Waals surface area contributed by atoms with Crippen molar-refractivity contribution in [2.24, 2.45) is 5.92 Å². The van der Waals surface area contributed by atoms with Crippen LogP contribution in [0, 0.1) is 5.92 Å². The Morgan fingerprint density at radius 1 is 1.63 bits per heavy atom. The van der Waals surface area contributed by atoms with Crippen LogP contribution in [-0.4, -0.2) is 46.0 Å². The molecule has 0 saturated carbocycles. The monoisotopic (exact) mass is 285 g/mol. The topological polar surface area (TPSA) is 88.6 Å². The van der Waals surface area contributed by atoms with E-state index >= 15 is 0 Å². The largest absolute Gasteiger partial charge is 0.425 e. The first-order valence-corrected chi connectivity index (χ1v) is 6.92. The normalized spacial score (nSPS) is 30.8. The molecular weight excluding hydrogens is 266 g/mol. The molecule has 1 saturated heterocycles. The van der Waals surface area contributed by atoms with Crippen molar-refractivity contribution in [3.8, 4) is 0 Å². The molecule has 1 aromatic rings. The first kappa shape index (κ1) is 14.2. The molecule has 4 atom stereocenters. The van der Waals surface area contributed by atoms with Gasteiger partial charge in [0.1, 0.15) is 28.6 Å².